The molecule has 0 fully saturated rings. The molecule has 0 aliphatic carbocycles. The first kappa shape index (κ1) is 25.9. The molecule has 32 heavy (non-hydrogen) atoms. The first-order valence-electron chi connectivity index (χ1n) is 9.86. The topological polar surface area (TPSA) is 87.0 Å². The van der Waals surface area contributed by atoms with Crippen LogP contribution in [0, 0.1) is 6.92 Å². The quantitative estimate of drug-likeness (QED) is 0.461. The number of carbonyl (C=O) groups excluding carboxylic acids is 2. The van der Waals surface area contributed by atoms with Crippen molar-refractivity contribution in [2.24, 2.45) is 0 Å². The number of nitrogens with one attached hydrogen (secondary N) is 1. The fourth-order valence-electron chi connectivity index (χ4n) is 3.21. The molecular weight excluding hydrogens is 433 g/mol. The van der Waals surface area contributed by atoms with E-state index in [2.05, 4.69) is 10.3 Å². The van der Waals surface area contributed by atoms with Crippen molar-refractivity contribution in [3.63, 3.8) is 0 Å². The molecule has 1 atom stereocenters. The zero-order chi connectivity index (χ0) is 22.2. The predicted octanol–water partition coefficient (Wildman–Crippen LogP) is 0.0918. The minimum atomic E-state index is -1.28. The number of hydrogen-bond acceptors (Lipinski definition) is 5. The first-order valence-corrected chi connectivity index (χ1v) is 11.3. The van der Waals surface area contributed by atoms with Crippen molar-refractivity contribution in [2.75, 3.05) is 12.0 Å². The summed E-state index contributed by atoms with van der Waals surface area (Å²) < 4.78 is 1.82. The van der Waals surface area contributed by atoms with Crippen LogP contribution in [0.4, 0.5) is 0 Å². The number of carboxylic acids is 1. The summed E-state index contributed by atoms with van der Waals surface area (Å²) in [6.07, 6.45) is 11.2. The van der Waals surface area contributed by atoms with Crippen LogP contribution in [0.3, 0.4) is 0 Å². The van der Waals surface area contributed by atoms with Crippen LogP contribution in [0.2, 0.25) is 0 Å². The number of amides is 1. The van der Waals surface area contributed by atoms with Crippen molar-refractivity contribution < 1.29 is 44.3 Å². The van der Waals surface area contributed by atoms with E-state index < -0.39 is 17.9 Å². The second-order valence-corrected chi connectivity index (χ2v) is 8.06. The van der Waals surface area contributed by atoms with Gasteiger partial charge >= 0.3 is 29.6 Å². The molecule has 0 unspecified atom stereocenters. The third-order valence-corrected chi connectivity index (χ3v) is 5.53. The summed E-state index contributed by atoms with van der Waals surface area (Å²) in [6, 6.07) is 12.2. The number of nitrogens with zero attached hydrogens (tertiary/aromatic N) is 2. The van der Waals surface area contributed by atoms with Crippen molar-refractivity contribution >= 4 is 35.9 Å². The Morgan fingerprint density at radius 1 is 1.22 bits per heavy atom. The van der Waals surface area contributed by atoms with Gasteiger partial charge in [0.25, 0.3) is 5.91 Å². The van der Waals surface area contributed by atoms with Gasteiger partial charge in [-0.05, 0) is 65.8 Å². The van der Waals surface area contributed by atoms with Gasteiger partial charge in [0.2, 0.25) is 0 Å². The maximum atomic E-state index is 13.0. The van der Waals surface area contributed by atoms with Crippen LogP contribution in [0.5, 0.6) is 0 Å². The summed E-state index contributed by atoms with van der Waals surface area (Å²) in [6.45, 7) is 1.98. The van der Waals surface area contributed by atoms with Gasteiger partial charge in [0.15, 0.2) is 0 Å². The fourth-order valence-corrected chi connectivity index (χ4v) is 3.68. The van der Waals surface area contributed by atoms with Crippen molar-refractivity contribution in [3.8, 4) is 11.1 Å². The Kier molecular flexibility index (Phi) is 10.3. The maximum absolute atomic E-state index is 13.0. The van der Waals surface area contributed by atoms with Gasteiger partial charge in [-0.2, -0.15) is 11.8 Å². The Labute approximate surface area is 214 Å². The Bertz CT molecular complexity index is 1080. The Morgan fingerprint density at radius 3 is 2.66 bits per heavy atom. The number of benzene rings is 2. The number of thioether (sulfide) groups is 1. The fraction of sp³-hybridized carbons (Fsp3) is 0.208. The zero-order valence-electron chi connectivity index (χ0n) is 18.4. The molecule has 1 N–H and O–H groups in total. The number of aliphatic carboxylic acids is 1. The molecule has 0 saturated carbocycles. The SMILES string of the molecule is CSCC[C@H](NC(=O)c1ccc(C=Cn2ccnc2)cc1-c1ccccc1C)C(=O)[O-].[Na+]. The maximum Gasteiger partial charge on any atom is 1.00 e. The zero-order valence-corrected chi connectivity index (χ0v) is 21.3. The van der Waals surface area contributed by atoms with Gasteiger partial charge in [-0.25, -0.2) is 4.98 Å². The molecule has 1 aromatic heterocycles. The number of carboxylic acid groups (broad SMARTS) is 1. The van der Waals surface area contributed by atoms with E-state index in [1.165, 1.54) is 11.8 Å². The van der Waals surface area contributed by atoms with E-state index in [0.717, 1.165) is 22.3 Å². The molecule has 0 bridgehead atoms. The number of aryl methyl sites for hydroxylation is 1. The molecule has 0 aliphatic rings. The van der Waals surface area contributed by atoms with Crippen LogP contribution < -0.4 is 40.0 Å². The minimum absolute atomic E-state index is 0. The third-order valence-electron chi connectivity index (χ3n) is 4.89. The largest absolute Gasteiger partial charge is 1.00 e. The number of carbonyl (C=O) groups is 2. The van der Waals surface area contributed by atoms with E-state index >= 15 is 0 Å². The van der Waals surface area contributed by atoms with E-state index in [-0.39, 0.29) is 29.6 Å². The minimum Gasteiger partial charge on any atom is -0.548 e. The van der Waals surface area contributed by atoms with Crippen molar-refractivity contribution in [1.82, 2.24) is 14.9 Å². The van der Waals surface area contributed by atoms with Crippen LogP contribution in [0.1, 0.15) is 27.9 Å². The Hall–Kier alpha value is -2.32. The second kappa shape index (κ2) is 12.6. The van der Waals surface area contributed by atoms with E-state index in [0.29, 0.717) is 17.7 Å². The normalized spacial score (nSPS) is 11.7. The number of hydrogen-bond donors (Lipinski definition) is 1. The number of imidazole rings is 1. The van der Waals surface area contributed by atoms with Gasteiger partial charge in [0.05, 0.1) is 18.3 Å². The van der Waals surface area contributed by atoms with E-state index in [9.17, 15) is 14.7 Å². The van der Waals surface area contributed by atoms with Crippen molar-refractivity contribution in [3.05, 3.63) is 77.9 Å². The van der Waals surface area contributed by atoms with E-state index in [1.54, 1.807) is 18.6 Å². The summed E-state index contributed by atoms with van der Waals surface area (Å²) in [5.41, 5.74) is 4.00. The summed E-state index contributed by atoms with van der Waals surface area (Å²) in [4.78, 5) is 28.5. The smallest absolute Gasteiger partial charge is 0.548 e. The molecule has 0 radical (unpaired) electrons. The molecule has 6 nitrogen and oxygen atoms in total. The van der Waals surface area contributed by atoms with Crippen molar-refractivity contribution in [2.45, 2.75) is 19.4 Å². The summed E-state index contributed by atoms with van der Waals surface area (Å²) in [5, 5.41) is 14.1. The van der Waals surface area contributed by atoms with E-state index in [4.69, 9.17) is 0 Å². The van der Waals surface area contributed by atoms with Crippen LogP contribution in [0.15, 0.2) is 61.2 Å². The van der Waals surface area contributed by atoms with Crippen LogP contribution in [-0.2, 0) is 4.79 Å². The number of aromatic nitrogens is 2. The predicted molar refractivity (Wildman–Crippen MR) is 123 cm³/mol. The summed E-state index contributed by atoms with van der Waals surface area (Å²) >= 11 is 1.52. The van der Waals surface area contributed by atoms with Gasteiger partial charge in [-0.15, -0.1) is 0 Å². The molecular formula is C24H24N3NaO3S. The Balaban J connectivity index is 0.00000363. The van der Waals surface area contributed by atoms with E-state index in [1.807, 2.05) is 72.6 Å². The number of rotatable bonds is 9. The van der Waals surface area contributed by atoms with Gasteiger partial charge in [0.1, 0.15) is 0 Å². The van der Waals surface area contributed by atoms with Crippen LogP contribution in [0.25, 0.3) is 23.4 Å². The van der Waals surface area contributed by atoms with Crippen LogP contribution >= 0.6 is 11.8 Å². The molecule has 1 amide bonds. The average molecular weight is 458 g/mol. The summed E-state index contributed by atoms with van der Waals surface area (Å²) in [7, 11) is 0. The molecule has 3 rings (SSSR count). The standard InChI is InChI=1S/C24H25N3O3S.Na/c1-17-5-3-4-6-19(17)21-15-18(9-12-27-13-11-25-16-27)7-8-20(21)23(28)26-22(24(29)30)10-14-31-2;/h3-9,11-13,15-16,22H,10,14H2,1-2H3,(H,26,28)(H,29,30);/q;+1/p-1/t22-;/m0./s1. The van der Waals surface area contributed by atoms with Gasteiger partial charge < -0.3 is 19.8 Å². The first-order chi connectivity index (χ1) is 15.0. The molecule has 0 saturated heterocycles. The molecule has 8 heteroatoms. The molecule has 3 aromatic rings. The van der Waals surface area contributed by atoms with Crippen LogP contribution in [-0.4, -0.2) is 39.5 Å². The second-order valence-electron chi connectivity index (χ2n) is 7.07. The van der Waals surface area contributed by atoms with Gasteiger partial charge in [0, 0.05) is 24.2 Å². The summed E-state index contributed by atoms with van der Waals surface area (Å²) in [5.74, 6) is -1.10. The average Bonchev–Trinajstić information content (AvgIpc) is 3.29. The molecule has 160 valence electrons. The third kappa shape index (κ3) is 6.84. The molecule has 2 aromatic carbocycles. The van der Waals surface area contributed by atoms with Gasteiger partial charge in [-0.1, -0.05) is 30.3 Å². The van der Waals surface area contributed by atoms with Crippen molar-refractivity contribution in [1.29, 1.82) is 0 Å². The van der Waals surface area contributed by atoms with Gasteiger partial charge in [-0.3, -0.25) is 4.79 Å². The Morgan fingerprint density at radius 2 is 2.00 bits per heavy atom. The molecule has 1 heterocycles. The molecule has 0 spiro atoms. The monoisotopic (exact) mass is 457 g/mol. The molecule has 0 aliphatic heterocycles.